The van der Waals surface area contributed by atoms with Gasteiger partial charge in [-0.15, -0.1) is 0 Å². The van der Waals surface area contributed by atoms with E-state index in [2.05, 4.69) is 25.9 Å². The van der Waals surface area contributed by atoms with Gasteiger partial charge in [-0.25, -0.2) is 13.8 Å². The van der Waals surface area contributed by atoms with Crippen LogP contribution in [0.3, 0.4) is 0 Å². The maximum atomic E-state index is 12.3. The highest BCUT2D eigenvalue weighted by atomic mass is 79.9. The quantitative estimate of drug-likeness (QED) is 0.871. The first-order valence-electron chi connectivity index (χ1n) is 5.00. The average Bonchev–Trinajstić information content (AvgIpc) is 2.60. The molecule has 0 aliphatic carbocycles. The summed E-state index contributed by atoms with van der Waals surface area (Å²) in [5, 5.41) is 0. The summed E-state index contributed by atoms with van der Waals surface area (Å²) in [7, 11) is 0. The topological polar surface area (TPSA) is 30.7 Å². The molecule has 0 aliphatic rings. The van der Waals surface area contributed by atoms with E-state index < -0.39 is 6.43 Å². The van der Waals surface area contributed by atoms with E-state index >= 15 is 0 Å². The summed E-state index contributed by atoms with van der Waals surface area (Å²) in [6.07, 6.45) is -1.02. The van der Waals surface area contributed by atoms with Gasteiger partial charge in [0.15, 0.2) is 0 Å². The van der Waals surface area contributed by atoms with E-state index in [1.165, 1.54) is 10.9 Å². The fourth-order valence-electron chi connectivity index (χ4n) is 1.49. The summed E-state index contributed by atoms with van der Waals surface area (Å²) >= 11 is 3.27. The zero-order valence-corrected chi connectivity index (χ0v) is 10.7. The van der Waals surface area contributed by atoms with Crippen molar-refractivity contribution in [3.05, 3.63) is 34.8 Å². The Morgan fingerprint density at radius 3 is 2.82 bits per heavy atom. The molecular formula is C11H10BrF2N3. The minimum Gasteiger partial charge on any atom is -0.319 e. The van der Waals surface area contributed by atoms with Gasteiger partial charge in [-0.3, -0.25) is 4.98 Å². The van der Waals surface area contributed by atoms with Crippen molar-refractivity contribution in [1.29, 1.82) is 0 Å². The van der Waals surface area contributed by atoms with Crippen molar-refractivity contribution in [2.45, 2.75) is 19.9 Å². The van der Waals surface area contributed by atoms with E-state index in [0.717, 1.165) is 5.69 Å². The molecule has 0 aromatic carbocycles. The van der Waals surface area contributed by atoms with E-state index in [0.29, 0.717) is 16.0 Å². The number of hydrogen-bond donors (Lipinski definition) is 0. The third-order valence-electron chi connectivity index (χ3n) is 2.24. The van der Waals surface area contributed by atoms with Gasteiger partial charge in [-0.1, -0.05) is 6.07 Å². The normalized spacial score (nSPS) is 11.1. The van der Waals surface area contributed by atoms with Crippen molar-refractivity contribution in [1.82, 2.24) is 14.5 Å². The minimum atomic E-state index is -2.40. The van der Waals surface area contributed by atoms with Crippen LogP contribution in [0.5, 0.6) is 0 Å². The number of aromatic nitrogens is 3. The van der Waals surface area contributed by atoms with Crippen molar-refractivity contribution in [3.8, 4) is 11.4 Å². The fourth-order valence-corrected chi connectivity index (χ4v) is 2.03. The fraction of sp³-hybridized carbons (Fsp3) is 0.273. The molecule has 0 saturated carbocycles. The second-order valence-corrected chi connectivity index (χ2v) is 4.34. The molecule has 0 spiro atoms. The Hall–Kier alpha value is -1.30. The summed E-state index contributed by atoms with van der Waals surface area (Å²) in [5.41, 5.74) is 2.11. The molecule has 0 fully saturated rings. The molecule has 0 aliphatic heterocycles. The first-order chi connectivity index (χ1) is 8.08. The van der Waals surface area contributed by atoms with Crippen LogP contribution >= 0.6 is 15.9 Å². The molecule has 6 heteroatoms. The van der Waals surface area contributed by atoms with Crippen LogP contribution in [0, 0.1) is 6.92 Å². The molecule has 3 nitrogen and oxygen atoms in total. The van der Waals surface area contributed by atoms with E-state index in [9.17, 15) is 8.78 Å². The predicted molar refractivity (Wildman–Crippen MR) is 63.9 cm³/mol. The van der Waals surface area contributed by atoms with Crippen LogP contribution in [0.2, 0.25) is 0 Å². The molecule has 0 amide bonds. The average molecular weight is 302 g/mol. The zero-order chi connectivity index (χ0) is 12.4. The SMILES string of the molecule is Cc1cccc(-c2ncn(CC(F)F)c2Br)n1. The largest absolute Gasteiger partial charge is 0.319 e. The van der Waals surface area contributed by atoms with Gasteiger partial charge in [0.05, 0.1) is 18.6 Å². The van der Waals surface area contributed by atoms with Crippen molar-refractivity contribution < 1.29 is 8.78 Å². The molecular weight excluding hydrogens is 292 g/mol. The lowest BCUT2D eigenvalue weighted by Gasteiger charge is -2.03. The second kappa shape index (κ2) is 4.91. The van der Waals surface area contributed by atoms with Crippen molar-refractivity contribution in [3.63, 3.8) is 0 Å². The van der Waals surface area contributed by atoms with Gasteiger partial charge in [0.25, 0.3) is 6.43 Å². The number of aryl methyl sites for hydroxylation is 1. The monoisotopic (exact) mass is 301 g/mol. The Labute approximate surface area is 106 Å². The lowest BCUT2D eigenvalue weighted by Crippen LogP contribution is -2.05. The van der Waals surface area contributed by atoms with Gasteiger partial charge in [0, 0.05) is 5.69 Å². The van der Waals surface area contributed by atoms with Crippen molar-refractivity contribution in [2.75, 3.05) is 0 Å². The molecule has 0 N–H and O–H groups in total. The number of alkyl halides is 2. The number of nitrogens with zero attached hydrogens (tertiary/aromatic N) is 3. The Morgan fingerprint density at radius 1 is 1.41 bits per heavy atom. The number of pyridine rings is 1. The number of imidazole rings is 1. The Kier molecular flexibility index (Phi) is 3.51. The highest BCUT2D eigenvalue weighted by molar-refractivity contribution is 9.10. The number of hydrogen-bond acceptors (Lipinski definition) is 2. The third kappa shape index (κ3) is 2.69. The molecule has 2 heterocycles. The first-order valence-corrected chi connectivity index (χ1v) is 5.80. The molecule has 0 radical (unpaired) electrons. The van der Waals surface area contributed by atoms with Gasteiger partial charge in [-0.05, 0) is 35.0 Å². The van der Waals surface area contributed by atoms with Crippen LogP contribution < -0.4 is 0 Å². The van der Waals surface area contributed by atoms with Crippen molar-refractivity contribution >= 4 is 15.9 Å². The highest BCUT2D eigenvalue weighted by Gasteiger charge is 2.14. The first kappa shape index (κ1) is 12.2. The van der Waals surface area contributed by atoms with Gasteiger partial charge in [0.2, 0.25) is 0 Å². The lowest BCUT2D eigenvalue weighted by molar-refractivity contribution is 0.126. The van der Waals surface area contributed by atoms with Gasteiger partial charge in [0.1, 0.15) is 10.3 Å². The minimum absolute atomic E-state index is 0.376. The van der Waals surface area contributed by atoms with Gasteiger partial charge < -0.3 is 4.57 Å². The highest BCUT2D eigenvalue weighted by Crippen LogP contribution is 2.25. The summed E-state index contributed by atoms with van der Waals surface area (Å²) in [4.78, 5) is 8.40. The summed E-state index contributed by atoms with van der Waals surface area (Å²) in [5.74, 6) is 0. The van der Waals surface area contributed by atoms with E-state index in [1.807, 2.05) is 19.1 Å². The van der Waals surface area contributed by atoms with Gasteiger partial charge in [-0.2, -0.15) is 0 Å². The van der Waals surface area contributed by atoms with Gasteiger partial charge >= 0.3 is 0 Å². The Bertz CT molecular complexity index is 525. The maximum absolute atomic E-state index is 12.3. The zero-order valence-electron chi connectivity index (χ0n) is 9.07. The Morgan fingerprint density at radius 2 is 2.18 bits per heavy atom. The van der Waals surface area contributed by atoms with Crippen molar-refractivity contribution in [2.24, 2.45) is 0 Å². The molecule has 0 atom stereocenters. The van der Waals surface area contributed by atoms with Crippen LogP contribution in [0.4, 0.5) is 8.78 Å². The van der Waals surface area contributed by atoms with Crippen LogP contribution in [-0.2, 0) is 6.54 Å². The standard InChI is InChI=1S/C11H10BrF2N3/c1-7-3-2-4-8(16-7)10-11(12)17(6-15-10)5-9(13)14/h2-4,6,9H,5H2,1H3. The molecule has 2 aromatic rings. The molecule has 2 aromatic heterocycles. The molecule has 90 valence electrons. The predicted octanol–water partition coefficient (Wildman–Crippen LogP) is 3.28. The second-order valence-electron chi connectivity index (χ2n) is 3.59. The maximum Gasteiger partial charge on any atom is 0.256 e. The smallest absolute Gasteiger partial charge is 0.256 e. The van der Waals surface area contributed by atoms with E-state index in [-0.39, 0.29) is 6.54 Å². The molecule has 0 saturated heterocycles. The molecule has 2 rings (SSSR count). The summed E-state index contributed by atoms with van der Waals surface area (Å²) < 4.78 is 26.5. The number of rotatable bonds is 3. The third-order valence-corrected chi connectivity index (χ3v) is 3.07. The van der Waals surface area contributed by atoms with Crippen LogP contribution in [0.15, 0.2) is 29.1 Å². The van der Waals surface area contributed by atoms with E-state index in [1.54, 1.807) is 6.07 Å². The summed E-state index contributed by atoms with van der Waals surface area (Å²) in [6, 6.07) is 5.52. The van der Waals surface area contributed by atoms with E-state index in [4.69, 9.17) is 0 Å². The molecule has 0 bridgehead atoms. The molecule has 17 heavy (non-hydrogen) atoms. The lowest BCUT2D eigenvalue weighted by atomic mass is 10.2. The van der Waals surface area contributed by atoms with Crippen LogP contribution in [-0.4, -0.2) is 21.0 Å². The number of halogens is 3. The Balaban J connectivity index is 2.37. The molecule has 0 unspecified atom stereocenters. The van der Waals surface area contributed by atoms with Crippen LogP contribution in [0.25, 0.3) is 11.4 Å². The van der Waals surface area contributed by atoms with Crippen LogP contribution in [0.1, 0.15) is 5.69 Å². The summed E-state index contributed by atoms with van der Waals surface area (Å²) in [6.45, 7) is 1.49.